The topological polar surface area (TPSA) is 91.2 Å². The highest BCUT2D eigenvalue weighted by Crippen LogP contribution is 2.37. The average Bonchev–Trinajstić information content (AvgIpc) is 3.71. The number of carbonyl (C=O) groups is 3. The van der Waals surface area contributed by atoms with Gasteiger partial charge in [-0.1, -0.05) is 6.07 Å². The minimum atomic E-state index is -4.54. The number of alkyl halides is 3. The van der Waals surface area contributed by atoms with E-state index in [0.717, 1.165) is 30.9 Å². The lowest BCUT2D eigenvalue weighted by molar-refractivity contribution is -0.138. The van der Waals surface area contributed by atoms with E-state index in [4.69, 9.17) is 9.53 Å². The Morgan fingerprint density at radius 2 is 1.71 bits per heavy atom. The molecule has 1 aromatic carbocycles. The van der Waals surface area contributed by atoms with Crippen molar-refractivity contribution in [3.8, 4) is 5.75 Å². The van der Waals surface area contributed by atoms with Crippen LogP contribution in [0.3, 0.4) is 0 Å². The number of nitrogens with zero attached hydrogens (tertiary/aromatic N) is 6. The third-order valence-electron chi connectivity index (χ3n) is 7.72. The Morgan fingerprint density at radius 3 is 2.27 bits per heavy atom. The molecular weight excluding hydrogens is 541 g/mol. The smallest absolute Gasteiger partial charge is 0.416 e. The summed E-state index contributed by atoms with van der Waals surface area (Å²) in [5.74, 6) is 0.242. The molecule has 13 heteroatoms. The van der Waals surface area contributed by atoms with Crippen LogP contribution < -0.4 is 9.64 Å². The maximum absolute atomic E-state index is 13.9. The third-order valence-corrected chi connectivity index (χ3v) is 7.72. The summed E-state index contributed by atoms with van der Waals surface area (Å²) < 4.78 is 48.6. The quantitative estimate of drug-likeness (QED) is 0.487. The number of ether oxygens (including phenoxy) is 1. The monoisotopic (exact) mass is 578 g/mol. The van der Waals surface area contributed by atoms with Crippen molar-refractivity contribution in [1.29, 1.82) is 0 Å². The first kappa shape index (κ1) is 30.4. The zero-order chi connectivity index (χ0) is 29.7. The summed E-state index contributed by atoms with van der Waals surface area (Å²) in [6.07, 6.45) is 1.41. The molecule has 3 saturated heterocycles. The van der Waals surface area contributed by atoms with Crippen molar-refractivity contribution in [2.75, 3.05) is 64.9 Å². The van der Waals surface area contributed by atoms with Gasteiger partial charge in [0, 0.05) is 59.9 Å². The predicted octanol–water partition coefficient (Wildman–Crippen LogP) is 3.21. The third kappa shape index (κ3) is 7.38. The van der Waals surface area contributed by atoms with Gasteiger partial charge >= 0.3 is 12.2 Å². The number of benzene rings is 1. The number of carbonyl (C=O) groups excluding carboxylic acids is 3. The van der Waals surface area contributed by atoms with Crippen LogP contribution >= 0.6 is 0 Å². The molecule has 2 atom stereocenters. The number of rotatable bonds is 6. The summed E-state index contributed by atoms with van der Waals surface area (Å²) in [6.45, 7) is 5.03. The van der Waals surface area contributed by atoms with Crippen molar-refractivity contribution in [2.24, 2.45) is 11.8 Å². The number of hydrogen-bond acceptors (Lipinski definition) is 7. The number of fused-ring (bicyclic) bond motifs is 1. The zero-order valence-electron chi connectivity index (χ0n) is 23.6. The van der Waals surface area contributed by atoms with Gasteiger partial charge in [-0.15, -0.1) is 0 Å². The van der Waals surface area contributed by atoms with Crippen LogP contribution in [0, 0.1) is 11.8 Å². The Labute approximate surface area is 237 Å². The fourth-order valence-corrected chi connectivity index (χ4v) is 5.66. The van der Waals surface area contributed by atoms with E-state index >= 15 is 0 Å². The van der Waals surface area contributed by atoms with Gasteiger partial charge in [0.15, 0.2) is 6.61 Å². The highest BCUT2D eigenvalue weighted by Gasteiger charge is 2.43. The number of likely N-dealkylation sites (tertiary alicyclic amines) is 3. The first-order valence-electron chi connectivity index (χ1n) is 13.7. The molecule has 2 amide bonds. The van der Waals surface area contributed by atoms with Crippen LogP contribution in [0.15, 0.2) is 30.6 Å². The number of aldehydes is 1. The Morgan fingerprint density at radius 1 is 1.07 bits per heavy atom. The highest BCUT2D eigenvalue weighted by molar-refractivity contribution is 5.78. The molecule has 0 radical (unpaired) electrons. The molecule has 3 fully saturated rings. The minimum Gasteiger partial charge on any atom is -0.484 e. The second kappa shape index (κ2) is 12.9. The van der Waals surface area contributed by atoms with Gasteiger partial charge in [-0.25, -0.2) is 4.79 Å². The van der Waals surface area contributed by atoms with E-state index in [1.807, 2.05) is 23.9 Å². The van der Waals surface area contributed by atoms with Crippen LogP contribution in [0.2, 0.25) is 0 Å². The van der Waals surface area contributed by atoms with E-state index in [9.17, 15) is 22.8 Å². The Kier molecular flexibility index (Phi) is 9.57. The molecular formula is C28H37F3N6O4. The van der Waals surface area contributed by atoms with Gasteiger partial charge in [-0.2, -0.15) is 23.0 Å². The molecule has 3 aliphatic heterocycles. The lowest BCUT2D eigenvalue weighted by Gasteiger charge is -2.23. The molecule has 10 nitrogen and oxygen atoms in total. The molecule has 0 bridgehead atoms. The van der Waals surface area contributed by atoms with Crippen molar-refractivity contribution >= 4 is 23.9 Å². The summed E-state index contributed by atoms with van der Waals surface area (Å²) >= 11 is 0. The number of hydrogen-bond donors (Lipinski definition) is 0. The fourth-order valence-electron chi connectivity index (χ4n) is 5.66. The molecule has 4 heterocycles. The summed E-state index contributed by atoms with van der Waals surface area (Å²) in [5.41, 5.74) is 0.267. The number of aromatic nitrogens is 2. The van der Waals surface area contributed by atoms with E-state index in [1.165, 1.54) is 23.7 Å². The van der Waals surface area contributed by atoms with E-state index in [2.05, 4.69) is 5.10 Å². The summed E-state index contributed by atoms with van der Waals surface area (Å²) in [5, 5.41) is 4.16. The average molecular weight is 579 g/mol. The van der Waals surface area contributed by atoms with E-state index in [-0.39, 0.29) is 48.2 Å². The summed E-state index contributed by atoms with van der Waals surface area (Å²) in [4.78, 5) is 41.2. The Balaban J connectivity index is 0.00000124. The second-order valence-corrected chi connectivity index (χ2v) is 10.9. The van der Waals surface area contributed by atoms with E-state index < -0.39 is 11.7 Å². The molecule has 5 rings (SSSR count). The molecule has 0 aliphatic carbocycles. The summed E-state index contributed by atoms with van der Waals surface area (Å²) in [6, 6.07) is 3.76. The first-order valence-corrected chi connectivity index (χ1v) is 13.7. The van der Waals surface area contributed by atoms with Gasteiger partial charge in [-0.05, 0) is 49.3 Å². The number of halogens is 3. The van der Waals surface area contributed by atoms with Crippen LogP contribution in [-0.2, 0) is 22.3 Å². The van der Waals surface area contributed by atoms with Crippen molar-refractivity contribution < 1.29 is 32.3 Å². The highest BCUT2D eigenvalue weighted by atomic mass is 19.4. The van der Waals surface area contributed by atoms with Gasteiger partial charge in [0.2, 0.25) is 0 Å². The molecule has 2 aromatic rings. The lowest BCUT2D eigenvalue weighted by Crippen LogP contribution is -2.36. The van der Waals surface area contributed by atoms with Crippen LogP contribution in [0.5, 0.6) is 5.75 Å². The maximum Gasteiger partial charge on any atom is 0.416 e. The molecule has 2 unspecified atom stereocenters. The van der Waals surface area contributed by atoms with Gasteiger partial charge in [0.05, 0.1) is 23.6 Å². The first-order chi connectivity index (χ1) is 19.5. The van der Waals surface area contributed by atoms with Crippen molar-refractivity contribution in [3.63, 3.8) is 0 Å². The van der Waals surface area contributed by atoms with Gasteiger partial charge < -0.3 is 24.2 Å². The predicted molar refractivity (Wildman–Crippen MR) is 146 cm³/mol. The van der Waals surface area contributed by atoms with Crippen LogP contribution in [0.4, 0.5) is 23.7 Å². The molecule has 0 N–H and O–H groups in total. The van der Waals surface area contributed by atoms with Crippen LogP contribution in [0.25, 0.3) is 0 Å². The normalized spacial score (nSPS) is 20.4. The van der Waals surface area contributed by atoms with Gasteiger partial charge in [-0.3, -0.25) is 9.69 Å². The zero-order valence-corrected chi connectivity index (χ0v) is 23.6. The van der Waals surface area contributed by atoms with Crippen LogP contribution in [-0.4, -0.2) is 103 Å². The van der Waals surface area contributed by atoms with Crippen molar-refractivity contribution in [2.45, 2.75) is 32.5 Å². The van der Waals surface area contributed by atoms with E-state index in [0.29, 0.717) is 39.3 Å². The SMILES string of the molecule is CC=O.CN(C)c1cnn(C(=O)N2CC3CN(Cc4ccc(OCC(=O)N5CCCC5)cc4C(F)(F)F)CC3C2)c1. The Bertz CT molecular complexity index is 1210. The largest absolute Gasteiger partial charge is 0.484 e. The number of anilines is 1. The standard InChI is InChI=1S/C26H33F3N6O3.C2H4O/c1-31(2)21-10-30-35(16-21)25(37)34-14-19-12-32(13-20(19)15-34)11-18-5-6-22(9-23(18)26(27,28)29)38-17-24(36)33-7-3-4-8-33;1-2-3/h5-6,9-10,16,19-20H,3-4,7-8,11-15,17H2,1-2H3;2H,1H3. The molecule has 0 spiro atoms. The molecule has 224 valence electrons. The molecule has 3 aliphatic rings. The molecule has 0 saturated carbocycles. The minimum absolute atomic E-state index is 0.0390. The summed E-state index contributed by atoms with van der Waals surface area (Å²) in [7, 11) is 3.75. The van der Waals surface area contributed by atoms with Crippen molar-refractivity contribution in [1.82, 2.24) is 24.5 Å². The Hall–Kier alpha value is -3.61. The lowest BCUT2D eigenvalue weighted by atomic mass is 10.0. The van der Waals surface area contributed by atoms with Gasteiger partial charge in [0.1, 0.15) is 12.0 Å². The van der Waals surface area contributed by atoms with Crippen molar-refractivity contribution in [3.05, 3.63) is 41.7 Å². The maximum atomic E-state index is 13.9. The number of amides is 2. The second-order valence-electron chi connectivity index (χ2n) is 10.9. The molecule has 1 aromatic heterocycles. The van der Waals surface area contributed by atoms with E-state index in [1.54, 1.807) is 22.2 Å². The van der Waals surface area contributed by atoms with Crippen LogP contribution in [0.1, 0.15) is 30.9 Å². The fraction of sp³-hybridized carbons (Fsp3) is 0.571. The van der Waals surface area contributed by atoms with Gasteiger partial charge in [0.25, 0.3) is 5.91 Å². The molecule has 41 heavy (non-hydrogen) atoms.